The van der Waals surface area contributed by atoms with E-state index in [1.54, 1.807) is 61.6 Å². The topological polar surface area (TPSA) is 71.1 Å². The van der Waals surface area contributed by atoms with Crippen molar-refractivity contribution in [3.8, 4) is 11.5 Å². The number of carbonyl (C=O) groups excluding carboxylic acids is 2. The molecule has 1 aliphatic heterocycles. The van der Waals surface area contributed by atoms with Crippen LogP contribution in [0.15, 0.2) is 42.5 Å². The average molecular weight is 418 g/mol. The fraction of sp³-hybridized carbons (Fsp3) is 0.333. The number of nitrogens with zero attached hydrogens (tertiary/aromatic N) is 2. The van der Waals surface area contributed by atoms with Crippen molar-refractivity contribution in [3.05, 3.63) is 53.1 Å². The number of halogens is 1. The smallest absolute Gasteiger partial charge is 0.253 e. The standard InChI is InChI=1S/C21H24ClN3O4/c1-28-17-7-8-18(19(13-17)29-2)23-20(26)14-24-9-11-25(12-10-24)21(27)15-3-5-16(22)6-4-15/h3-8,13H,9-12,14H2,1-2H3,(H,23,26). The van der Waals surface area contributed by atoms with E-state index in [0.29, 0.717) is 54.0 Å². The summed E-state index contributed by atoms with van der Waals surface area (Å²) in [6, 6.07) is 12.1. The van der Waals surface area contributed by atoms with Crippen molar-refractivity contribution in [3.63, 3.8) is 0 Å². The first-order valence-electron chi connectivity index (χ1n) is 9.29. The summed E-state index contributed by atoms with van der Waals surface area (Å²) in [6.45, 7) is 2.65. The van der Waals surface area contributed by atoms with Crippen molar-refractivity contribution in [2.75, 3.05) is 52.3 Å². The maximum Gasteiger partial charge on any atom is 0.253 e. The largest absolute Gasteiger partial charge is 0.497 e. The number of methoxy groups -OCH3 is 2. The number of amides is 2. The summed E-state index contributed by atoms with van der Waals surface area (Å²) in [6.07, 6.45) is 0. The van der Waals surface area contributed by atoms with Gasteiger partial charge in [0.25, 0.3) is 5.91 Å². The average Bonchev–Trinajstić information content (AvgIpc) is 2.74. The minimum Gasteiger partial charge on any atom is -0.497 e. The second-order valence-electron chi connectivity index (χ2n) is 6.69. The van der Waals surface area contributed by atoms with Crippen molar-refractivity contribution < 1.29 is 19.1 Å². The third-order valence-corrected chi connectivity index (χ3v) is 5.05. The van der Waals surface area contributed by atoms with Gasteiger partial charge in [-0.2, -0.15) is 0 Å². The van der Waals surface area contributed by atoms with E-state index in [1.807, 2.05) is 4.90 Å². The molecular formula is C21H24ClN3O4. The Morgan fingerprint density at radius 1 is 1.00 bits per heavy atom. The second kappa shape index (κ2) is 9.62. The van der Waals surface area contributed by atoms with Gasteiger partial charge in [-0.3, -0.25) is 14.5 Å². The second-order valence-corrected chi connectivity index (χ2v) is 7.13. The zero-order chi connectivity index (χ0) is 20.8. The molecule has 0 spiro atoms. The molecule has 1 heterocycles. The Bertz CT molecular complexity index is 865. The Kier molecular flexibility index (Phi) is 6.95. The first kappa shape index (κ1) is 21.0. The van der Waals surface area contributed by atoms with E-state index in [1.165, 1.54) is 0 Å². The summed E-state index contributed by atoms with van der Waals surface area (Å²) >= 11 is 5.88. The number of ether oxygens (including phenoxy) is 2. The molecule has 29 heavy (non-hydrogen) atoms. The highest BCUT2D eigenvalue weighted by Gasteiger charge is 2.23. The van der Waals surface area contributed by atoms with E-state index >= 15 is 0 Å². The minimum absolute atomic E-state index is 0.0197. The van der Waals surface area contributed by atoms with Crippen molar-refractivity contribution in [1.82, 2.24) is 9.80 Å². The molecule has 0 bridgehead atoms. The minimum atomic E-state index is -0.133. The van der Waals surface area contributed by atoms with Gasteiger partial charge in [0.05, 0.1) is 26.5 Å². The van der Waals surface area contributed by atoms with Gasteiger partial charge in [-0.15, -0.1) is 0 Å². The molecule has 0 atom stereocenters. The predicted octanol–water partition coefficient (Wildman–Crippen LogP) is 2.75. The molecule has 0 aromatic heterocycles. The number of hydrogen-bond acceptors (Lipinski definition) is 5. The van der Waals surface area contributed by atoms with Crippen molar-refractivity contribution in [1.29, 1.82) is 0 Å². The van der Waals surface area contributed by atoms with Crippen LogP contribution in [0.1, 0.15) is 10.4 Å². The Hall–Kier alpha value is -2.77. The summed E-state index contributed by atoms with van der Waals surface area (Å²) in [7, 11) is 3.12. The monoisotopic (exact) mass is 417 g/mol. The van der Waals surface area contributed by atoms with Crippen LogP contribution in [-0.2, 0) is 4.79 Å². The molecule has 0 unspecified atom stereocenters. The first-order chi connectivity index (χ1) is 14.0. The van der Waals surface area contributed by atoms with Crippen LogP contribution in [0.2, 0.25) is 5.02 Å². The zero-order valence-corrected chi connectivity index (χ0v) is 17.2. The summed E-state index contributed by atoms with van der Waals surface area (Å²) in [5.41, 5.74) is 1.21. The molecule has 2 aromatic rings. The van der Waals surface area contributed by atoms with Crippen LogP contribution in [0.5, 0.6) is 11.5 Å². The third-order valence-electron chi connectivity index (χ3n) is 4.80. The normalized spacial score (nSPS) is 14.4. The van der Waals surface area contributed by atoms with Crippen molar-refractivity contribution >= 4 is 29.1 Å². The van der Waals surface area contributed by atoms with E-state index in [9.17, 15) is 9.59 Å². The highest BCUT2D eigenvalue weighted by Crippen LogP contribution is 2.29. The van der Waals surface area contributed by atoms with Crippen LogP contribution in [0, 0.1) is 0 Å². The fourth-order valence-electron chi connectivity index (χ4n) is 3.18. The van der Waals surface area contributed by atoms with E-state index in [0.717, 1.165) is 0 Å². The molecule has 1 saturated heterocycles. The van der Waals surface area contributed by atoms with Crippen LogP contribution >= 0.6 is 11.6 Å². The Labute approximate surface area is 175 Å². The molecule has 8 heteroatoms. The molecule has 0 saturated carbocycles. The van der Waals surface area contributed by atoms with Gasteiger partial charge in [0.15, 0.2) is 0 Å². The van der Waals surface area contributed by atoms with Gasteiger partial charge in [-0.1, -0.05) is 11.6 Å². The summed E-state index contributed by atoms with van der Waals surface area (Å²) in [5.74, 6) is 1.04. The van der Waals surface area contributed by atoms with Gasteiger partial charge in [0.1, 0.15) is 11.5 Å². The Morgan fingerprint density at radius 2 is 1.69 bits per heavy atom. The molecule has 1 aliphatic rings. The van der Waals surface area contributed by atoms with Gasteiger partial charge in [0, 0.05) is 42.8 Å². The molecule has 0 aliphatic carbocycles. The summed E-state index contributed by atoms with van der Waals surface area (Å²) in [5, 5.41) is 3.47. The lowest BCUT2D eigenvalue weighted by atomic mass is 10.2. The maximum atomic E-state index is 12.6. The first-order valence-corrected chi connectivity index (χ1v) is 9.67. The third kappa shape index (κ3) is 5.40. The van der Waals surface area contributed by atoms with Crippen LogP contribution in [0.3, 0.4) is 0 Å². The number of benzene rings is 2. The van der Waals surface area contributed by atoms with Crippen molar-refractivity contribution in [2.24, 2.45) is 0 Å². The lowest BCUT2D eigenvalue weighted by Gasteiger charge is -2.34. The number of piperazine rings is 1. The van der Waals surface area contributed by atoms with Crippen LogP contribution in [0.4, 0.5) is 5.69 Å². The maximum absolute atomic E-state index is 12.6. The highest BCUT2D eigenvalue weighted by atomic mass is 35.5. The SMILES string of the molecule is COc1ccc(NC(=O)CN2CCN(C(=O)c3ccc(Cl)cc3)CC2)c(OC)c1. The number of hydrogen-bond donors (Lipinski definition) is 1. The summed E-state index contributed by atoms with van der Waals surface area (Å²) < 4.78 is 10.5. The molecule has 3 rings (SSSR count). The molecule has 0 radical (unpaired) electrons. The predicted molar refractivity (Wildman–Crippen MR) is 112 cm³/mol. The van der Waals surface area contributed by atoms with Gasteiger partial charge in [-0.05, 0) is 36.4 Å². The fourth-order valence-corrected chi connectivity index (χ4v) is 3.30. The highest BCUT2D eigenvalue weighted by molar-refractivity contribution is 6.30. The van der Waals surface area contributed by atoms with Crippen LogP contribution in [0.25, 0.3) is 0 Å². The molecule has 154 valence electrons. The summed E-state index contributed by atoms with van der Waals surface area (Å²) in [4.78, 5) is 28.8. The number of anilines is 1. The lowest BCUT2D eigenvalue weighted by molar-refractivity contribution is -0.117. The van der Waals surface area contributed by atoms with Gasteiger partial charge in [-0.25, -0.2) is 0 Å². The zero-order valence-electron chi connectivity index (χ0n) is 16.5. The Balaban J connectivity index is 1.51. The number of rotatable bonds is 6. The molecule has 2 amide bonds. The van der Waals surface area contributed by atoms with Crippen LogP contribution < -0.4 is 14.8 Å². The van der Waals surface area contributed by atoms with Gasteiger partial charge in [0.2, 0.25) is 5.91 Å². The molecule has 2 aromatic carbocycles. The number of carbonyl (C=O) groups is 2. The van der Waals surface area contributed by atoms with E-state index < -0.39 is 0 Å². The van der Waals surface area contributed by atoms with Gasteiger partial charge >= 0.3 is 0 Å². The molecule has 7 nitrogen and oxygen atoms in total. The van der Waals surface area contributed by atoms with E-state index in [4.69, 9.17) is 21.1 Å². The van der Waals surface area contributed by atoms with Crippen molar-refractivity contribution in [2.45, 2.75) is 0 Å². The van der Waals surface area contributed by atoms with E-state index in [-0.39, 0.29) is 18.4 Å². The van der Waals surface area contributed by atoms with Gasteiger partial charge < -0.3 is 19.7 Å². The number of nitrogens with one attached hydrogen (secondary N) is 1. The lowest BCUT2D eigenvalue weighted by Crippen LogP contribution is -2.50. The van der Waals surface area contributed by atoms with E-state index in [2.05, 4.69) is 5.32 Å². The molecular weight excluding hydrogens is 394 g/mol. The quantitative estimate of drug-likeness (QED) is 0.782. The Morgan fingerprint density at radius 3 is 2.31 bits per heavy atom. The molecule has 1 fully saturated rings. The molecule has 1 N–H and O–H groups in total. The van der Waals surface area contributed by atoms with Crippen LogP contribution in [-0.4, -0.2) is 68.6 Å².